The molecule has 0 aliphatic rings. The van der Waals surface area contributed by atoms with Crippen LogP contribution in [0, 0.1) is 0 Å². The van der Waals surface area contributed by atoms with Gasteiger partial charge >= 0.3 is 6.18 Å². The van der Waals surface area contributed by atoms with Crippen LogP contribution in [0.25, 0.3) is 0 Å². The average molecular weight is 275 g/mol. The number of carbonyl (C=O) groups is 1. The first-order valence-electron chi connectivity index (χ1n) is 5.97. The molecule has 2 N–H and O–H groups in total. The first-order chi connectivity index (χ1) is 8.95. The number of aromatic nitrogens is 1. The predicted octanol–water partition coefficient (Wildman–Crippen LogP) is 1.83. The van der Waals surface area contributed by atoms with E-state index in [1.807, 2.05) is 6.92 Å². The Morgan fingerprint density at radius 3 is 2.53 bits per heavy atom. The standard InChI is InChI=1S/C12H16F3N3O/c1-2-5-16-6-7-17-11(19)10-4-3-9(8-18-10)12(13,14)15/h3-4,8,16H,2,5-7H2,1H3,(H,17,19). The Kier molecular flexibility index (Phi) is 5.75. The Bertz CT molecular complexity index is 404. The van der Waals surface area contributed by atoms with Gasteiger partial charge in [0.1, 0.15) is 5.69 Å². The van der Waals surface area contributed by atoms with Gasteiger partial charge in [0.25, 0.3) is 5.91 Å². The van der Waals surface area contributed by atoms with E-state index >= 15 is 0 Å². The fourth-order valence-electron chi connectivity index (χ4n) is 1.35. The molecule has 0 aliphatic carbocycles. The molecule has 7 heteroatoms. The Hall–Kier alpha value is -1.63. The van der Waals surface area contributed by atoms with Gasteiger partial charge in [-0.25, -0.2) is 0 Å². The number of pyridine rings is 1. The first-order valence-corrected chi connectivity index (χ1v) is 5.97. The third kappa shape index (κ3) is 5.25. The SMILES string of the molecule is CCCNCCNC(=O)c1ccc(C(F)(F)F)cn1. The van der Waals surface area contributed by atoms with Crippen LogP contribution in [-0.4, -0.2) is 30.5 Å². The normalized spacial score (nSPS) is 11.4. The van der Waals surface area contributed by atoms with E-state index in [0.717, 1.165) is 25.1 Å². The van der Waals surface area contributed by atoms with Gasteiger partial charge in [0.05, 0.1) is 5.56 Å². The summed E-state index contributed by atoms with van der Waals surface area (Å²) < 4.78 is 36.9. The molecule has 1 heterocycles. The van der Waals surface area contributed by atoms with E-state index < -0.39 is 17.6 Å². The van der Waals surface area contributed by atoms with Crippen LogP contribution in [0.5, 0.6) is 0 Å². The largest absolute Gasteiger partial charge is 0.417 e. The lowest BCUT2D eigenvalue weighted by Gasteiger charge is -2.08. The van der Waals surface area contributed by atoms with Crippen molar-refractivity contribution in [1.82, 2.24) is 15.6 Å². The third-order valence-electron chi connectivity index (χ3n) is 2.34. The lowest BCUT2D eigenvalue weighted by Crippen LogP contribution is -2.32. The van der Waals surface area contributed by atoms with E-state index in [4.69, 9.17) is 0 Å². The fourth-order valence-corrected chi connectivity index (χ4v) is 1.35. The summed E-state index contributed by atoms with van der Waals surface area (Å²) in [5, 5.41) is 5.66. The van der Waals surface area contributed by atoms with Crippen LogP contribution in [0.2, 0.25) is 0 Å². The highest BCUT2D eigenvalue weighted by molar-refractivity contribution is 5.92. The smallest absolute Gasteiger partial charge is 0.349 e. The van der Waals surface area contributed by atoms with Crippen molar-refractivity contribution in [1.29, 1.82) is 0 Å². The number of nitrogens with one attached hydrogen (secondary N) is 2. The van der Waals surface area contributed by atoms with E-state index in [2.05, 4.69) is 15.6 Å². The molecular weight excluding hydrogens is 259 g/mol. The van der Waals surface area contributed by atoms with Gasteiger partial charge in [-0.05, 0) is 25.1 Å². The molecule has 0 saturated heterocycles. The molecule has 19 heavy (non-hydrogen) atoms. The molecule has 1 aromatic heterocycles. The van der Waals surface area contributed by atoms with E-state index in [0.29, 0.717) is 19.3 Å². The molecule has 0 atom stereocenters. The lowest BCUT2D eigenvalue weighted by atomic mass is 10.2. The number of nitrogens with zero attached hydrogens (tertiary/aromatic N) is 1. The van der Waals surface area contributed by atoms with Gasteiger partial charge < -0.3 is 10.6 Å². The van der Waals surface area contributed by atoms with Gasteiger partial charge in [0, 0.05) is 19.3 Å². The molecule has 0 aliphatic heterocycles. The number of carbonyl (C=O) groups excluding carboxylic acids is 1. The summed E-state index contributed by atoms with van der Waals surface area (Å²) in [6.07, 6.45) is -2.79. The summed E-state index contributed by atoms with van der Waals surface area (Å²) in [5.74, 6) is -0.480. The van der Waals surface area contributed by atoms with Gasteiger partial charge in [0.15, 0.2) is 0 Å². The van der Waals surface area contributed by atoms with E-state index in [-0.39, 0.29) is 5.69 Å². The maximum Gasteiger partial charge on any atom is 0.417 e. The maximum atomic E-state index is 12.3. The van der Waals surface area contributed by atoms with Crippen molar-refractivity contribution in [3.05, 3.63) is 29.6 Å². The van der Waals surface area contributed by atoms with Gasteiger partial charge in [-0.1, -0.05) is 6.92 Å². The molecule has 0 spiro atoms. The number of alkyl halides is 3. The second kappa shape index (κ2) is 7.08. The molecule has 1 amide bonds. The van der Waals surface area contributed by atoms with Gasteiger partial charge in [-0.15, -0.1) is 0 Å². The second-order valence-corrected chi connectivity index (χ2v) is 3.94. The minimum absolute atomic E-state index is 0.0245. The molecule has 0 aromatic carbocycles. The van der Waals surface area contributed by atoms with E-state index in [1.165, 1.54) is 0 Å². The van der Waals surface area contributed by atoms with Crippen LogP contribution >= 0.6 is 0 Å². The Labute approximate surface area is 109 Å². The van der Waals surface area contributed by atoms with Crippen LogP contribution < -0.4 is 10.6 Å². The fraction of sp³-hybridized carbons (Fsp3) is 0.500. The van der Waals surface area contributed by atoms with E-state index in [1.54, 1.807) is 0 Å². The molecule has 0 fully saturated rings. The molecule has 0 bridgehead atoms. The van der Waals surface area contributed by atoms with Crippen LogP contribution in [-0.2, 0) is 6.18 Å². The average Bonchev–Trinajstić information content (AvgIpc) is 2.37. The van der Waals surface area contributed by atoms with E-state index in [9.17, 15) is 18.0 Å². The van der Waals surface area contributed by atoms with Crippen molar-refractivity contribution in [2.75, 3.05) is 19.6 Å². The summed E-state index contributed by atoms with van der Waals surface area (Å²) in [5.41, 5.74) is -0.892. The predicted molar refractivity (Wildman–Crippen MR) is 64.7 cm³/mol. The summed E-state index contributed by atoms with van der Waals surface area (Å²) in [6.45, 7) is 3.90. The minimum Gasteiger partial charge on any atom is -0.349 e. The number of hydrogen-bond donors (Lipinski definition) is 2. The van der Waals surface area contributed by atoms with Gasteiger partial charge in [-0.2, -0.15) is 13.2 Å². The van der Waals surface area contributed by atoms with Crippen molar-refractivity contribution in [3.8, 4) is 0 Å². The molecule has 1 rings (SSSR count). The zero-order valence-electron chi connectivity index (χ0n) is 10.5. The van der Waals surface area contributed by atoms with Crippen LogP contribution in [0.15, 0.2) is 18.3 Å². The monoisotopic (exact) mass is 275 g/mol. The minimum atomic E-state index is -4.44. The van der Waals surface area contributed by atoms with Crippen molar-refractivity contribution in [2.24, 2.45) is 0 Å². The van der Waals surface area contributed by atoms with Gasteiger partial charge in [0.2, 0.25) is 0 Å². The van der Waals surface area contributed by atoms with Gasteiger partial charge in [-0.3, -0.25) is 9.78 Å². The molecule has 106 valence electrons. The van der Waals surface area contributed by atoms with Crippen molar-refractivity contribution >= 4 is 5.91 Å². The van der Waals surface area contributed by atoms with Crippen molar-refractivity contribution < 1.29 is 18.0 Å². The summed E-state index contributed by atoms with van der Waals surface area (Å²) in [4.78, 5) is 15.1. The Balaban J connectivity index is 2.45. The number of halogens is 3. The topological polar surface area (TPSA) is 54.0 Å². The molecule has 0 saturated carbocycles. The second-order valence-electron chi connectivity index (χ2n) is 3.94. The molecule has 0 unspecified atom stereocenters. The van der Waals surface area contributed by atoms with Crippen LogP contribution in [0.1, 0.15) is 29.4 Å². The number of rotatable bonds is 6. The van der Waals surface area contributed by atoms with Crippen molar-refractivity contribution in [2.45, 2.75) is 19.5 Å². The Morgan fingerprint density at radius 2 is 2.00 bits per heavy atom. The highest BCUT2D eigenvalue weighted by Crippen LogP contribution is 2.28. The van der Waals surface area contributed by atoms with Crippen LogP contribution in [0.3, 0.4) is 0 Å². The zero-order chi connectivity index (χ0) is 14.3. The first kappa shape index (κ1) is 15.4. The third-order valence-corrected chi connectivity index (χ3v) is 2.34. The maximum absolute atomic E-state index is 12.3. The molecular formula is C12H16F3N3O. The van der Waals surface area contributed by atoms with Crippen LogP contribution in [0.4, 0.5) is 13.2 Å². The quantitative estimate of drug-likeness (QED) is 0.779. The highest BCUT2D eigenvalue weighted by atomic mass is 19.4. The zero-order valence-corrected chi connectivity index (χ0v) is 10.5. The number of hydrogen-bond acceptors (Lipinski definition) is 3. The Morgan fingerprint density at radius 1 is 1.26 bits per heavy atom. The summed E-state index contributed by atoms with van der Waals surface area (Å²) in [6, 6.07) is 1.91. The molecule has 4 nitrogen and oxygen atoms in total. The molecule has 0 radical (unpaired) electrons. The van der Waals surface area contributed by atoms with Crippen molar-refractivity contribution in [3.63, 3.8) is 0 Å². The highest BCUT2D eigenvalue weighted by Gasteiger charge is 2.30. The number of amides is 1. The summed E-state index contributed by atoms with van der Waals surface area (Å²) in [7, 11) is 0. The lowest BCUT2D eigenvalue weighted by molar-refractivity contribution is -0.137. The molecule has 1 aromatic rings. The summed E-state index contributed by atoms with van der Waals surface area (Å²) >= 11 is 0.